The molecule has 2 unspecified atom stereocenters. The van der Waals surface area contributed by atoms with Crippen molar-refractivity contribution in [2.24, 2.45) is 76.2 Å². The number of amides is 4. The van der Waals surface area contributed by atoms with Crippen LogP contribution in [0.15, 0.2) is 83.3 Å². The smallest absolute Gasteiger partial charge is 0.335 e. The van der Waals surface area contributed by atoms with E-state index >= 15 is 0 Å². The number of allylic oxidation sites excluding steroid dienone is 4. The second kappa shape index (κ2) is 33.5. The molecule has 4 fully saturated rings. The first-order valence-corrected chi connectivity index (χ1v) is 34.6. The molecular weight excluding hydrogens is 1220 g/mol. The van der Waals surface area contributed by atoms with Crippen molar-refractivity contribution in [1.29, 1.82) is 0 Å². The van der Waals surface area contributed by atoms with E-state index in [9.17, 15) is 49.5 Å². The van der Waals surface area contributed by atoms with Crippen molar-refractivity contribution < 1.29 is 68.7 Å². The first kappa shape index (κ1) is 77.0. The summed E-state index contributed by atoms with van der Waals surface area (Å²) >= 11 is 0. The standard InChI is InChI=1S/C40H61N5O7.C34H53N3O7/c1-22(2)14-32(37(41)48)43-38(49)28-16-27(17-29(18-28)44(8)9)30-13-11-12-26(36(30)51-10)20-45-35(34(25(5)47)33(21-46)52-45)39(50)42-19-23(3)31-15-24(4)40(31,6)7;1-19(2)22-12-11-20(3)28(16-22)35-33(40)31-30(21(4)39)29(18-38)44-37(31)17-23-9-8-10-27(32(23)43-7)24-13-25(34(41)42)15-26(14-24)36(5)6/h11-13,16-18,22-25,31-35,46-47H,14-15,19-21H2,1-10H3,(H2,41,48)(H,42,50)(H,43,49);8-9,13,15,19-22,24,27-31,38-39H,10-12,14,16-18H2,1-7H3,(H,35,40)(H,41,42)/t23-,24+,25+,31+,32+,33+,34-,35+;20-,21-,22+,24?,27?,28-,29-,30+,31-/m10/s1. The highest BCUT2D eigenvalue weighted by Gasteiger charge is 2.53. The molecule has 0 spiro atoms. The summed E-state index contributed by atoms with van der Waals surface area (Å²) in [6.45, 7) is 23.0. The number of carbonyl (C=O) groups is 5. The molecule has 534 valence electrons. The highest BCUT2D eigenvalue weighted by Crippen LogP contribution is 2.54. The number of nitrogens with two attached hydrogens (primary N) is 1. The lowest BCUT2D eigenvalue weighted by Gasteiger charge is -2.53. The molecule has 2 aromatic carbocycles. The molecule has 4 aliphatic carbocycles. The van der Waals surface area contributed by atoms with Crippen LogP contribution in [0.4, 0.5) is 5.69 Å². The number of methoxy groups -OCH3 is 2. The maximum absolute atomic E-state index is 14.1. The molecule has 2 saturated heterocycles. The van der Waals surface area contributed by atoms with E-state index in [-0.39, 0.29) is 78.8 Å². The molecule has 2 heterocycles. The minimum absolute atomic E-state index is 0.0292. The molecule has 0 aromatic heterocycles. The van der Waals surface area contributed by atoms with Crippen LogP contribution in [0.2, 0.25) is 0 Å². The number of carbonyl (C=O) groups excluding carboxylic acids is 4. The number of benzene rings is 2. The van der Waals surface area contributed by atoms with Crippen molar-refractivity contribution in [3.05, 3.63) is 94.4 Å². The highest BCUT2D eigenvalue weighted by molar-refractivity contribution is 5.99. The van der Waals surface area contributed by atoms with E-state index in [2.05, 4.69) is 70.5 Å². The summed E-state index contributed by atoms with van der Waals surface area (Å²) in [7, 11) is 10.8. The van der Waals surface area contributed by atoms with E-state index in [1.165, 1.54) is 0 Å². The zero-order valence-corrected chi connectivity index (χ0v) is 60.0. The van der Waals surface area contributed by atoms with E-state index in [1.807, 2.05) is 88.3 Å². The molecular formula is C74H114N8O14. The van der Waals surface area contributed by atoms with Crippen LogP contribution in [0, 0.1) is 70.5 Å². The maximum atomic E-state index is 14.1. The molecule has 22 nitrogen and oxygen atoms in total. The fourth-order valence-corrected chi connectivity index (χ4v) is 15.6. The number of hydrogen-bond donors (Lipinski definition) is 9. The number of ether oxygens (including phenoxy) is 2. The lowest BCUT2D eigenvalue weighted by atomic mass is 9.52. The number of nitrogens with one attached hydrogen (secondary N) is 3. The van der Waals surface area contributed by atoms with Crippen LogP contribution in [-0.4, -0.2) is 187 Å². The molecule has 0 bridgehead atoms. The first-order valence-electron chi connectivity index (χ1n) is 34.6. The molecule has 22 heteroatoms. The molecule has 8 rings (SSSR count). The number of hydrogen-bond acceptors (Lipinski definition) is 17. The van der Waals surface area contributed by atoms with E-state index in [4.69, 9.17) is 24.9 Å². The molecule has 2 aliphatic heterocycles. The van der Waals surface area contributed by atoms with Gasteiger partial charge in [-0.1, -0.05) is 98.7 Å². The Morgan fingerprint density at radius 2 is 1.46 bits per heavy atom. The molecule has 2 aromatic rings. The summed E-state index contributed by atoms with van der Waals surface area (Å²) in [5, 5.41) is 64.3. The average molecular weight is 1340 g/mol. The summed E-state index contributed by atoms with van der Waals surface area (Å²) in [6, 6.07) is 8.60. The summed E-state index contributed by atoms with van der Waals surface area (Å²) in [5.74, 6) is 0.238. The van der Waals surface area contributed by atoms with E-state index in [0.29, 0.717) is 83.4 Å². The number of para-hydroxylation sites is 1. The van der Waals surface area contributed by atoms with Crippen LogP contribution in [0.3, 0.4) is 0 Å². The molecule has 6 aliphatic rings. The van der Waals surface area contributed by atoms with Crippen molar-refractivity contribution in [2.45, 2.75) is 176 Å². The highest BCUT2D eigenvalue weighted by atomic mass is 16.7. The van der Waals surface area contributed by atoms with Gasteiger partial charge in [0.15, 0.2) is 0 Å². The summed E-state index contributed by atoms with van der Waals surface area (Å²) in [4.78, 5) is 81.9. The van der Waals surface area contributed by atoms with E-state index in [0.717, 1.165) is 48.4 Å². The van der Waals surface area contributed by atoms with Gasteiger partial charge in [-0.3, -0.25) is 28.9 Å². The molecule has 96 heavy (non-hydrogen) atoms. The van der Waals surface area contributed by atoms with Crippen LogP contribution >= 0.6 is 0 Å². The minimum Gasteiger partial charge on any atom is -0.500 e. The van der Waals surface area contributed by atoms with Gasteiger partial charge in [0.05, 0.1) is 58.3 Å². The van der Waals surface area contributed by atoms with E-state index < -0.39 is 72.2 Å². The Kier molecular flexibility index (Phi) is 26.8. The Balaban J connectivity index is 0.000000275. The Hall–Kier alpha value is -6.37. The number of carboxylic acids is 1. The topological polar surface area (TPSA) is 298 Å². The van der Waals surface area contributed by atoms with Gasteiger partial charge < -0.3 is 66.5 Å². The van der Waals surface area contributed by atoms with Gasteiger partial charge in [0, 0.05) is 92.2 Å². The predicted octanol–water partition coefficient (Wildman–Crippen LogP) is 7.46. The van der Waals surface area contributed by atoms with Crippen molar-refractivity contribution in [3.63, 3.8) is 0 Å². The van der Waals surface area contributed by atoms with Gasteiger partial charge in [0.1, 0.15) is 41.8 Å². The maximum Gasteiger partial charge on any atom is 0.335 e. The Labute approximate surface area is 569 Å². The number of hydroxylamine groups is 4. The lowest BCUT2D eigenvalue weighted by molar-refractivity contribution is -0.182. The number of aliphatic hydroxyl groups excluding tert-OH is 4. The fraction of sp³-hybridized carbons (Fsp3) is 0.662. The summed E-state index contributed by atoms with van der Waals surface area (Å²) < 4.78 is 12.0. The SMILES string of the molecule is COC1=C(CN2O[C@@H](CO)[C@@H]([C@H](C)O)[C@H]2C(=O)N[C@H]2C[C@H](C(C)C)CC[C@@H]2C)C=CCC1C1C=C(C(=O)O)C=C(N(C)C)C1.COc1c(CN2O[C@@H](CO)[C@@H]([C@H](C)O)[C@H]2C(=O)NC[C@@H](C)[C@@H]2C[C@H](C)C2(C)C)cccc1-c1cc(C(=O)N[C@@H](CC(C)C)C(N)=O)cc(N(C)C)c1. The third-order valence-corrected chi connectivity index (χ3v) is 21.8. The predicted molar refractivity (Wildman–Crippen MR) is 370 cm³/mol. The normalized spacial score (nSPS) is 28.6. The zero-order chi connectivity index (χ0) is 70.9. The van der Waals surface area contributed by atoms with Crippen molar-refractivity contribution in [2.75, 3.05) is 73.6 Å². The number of aliphatic carboxylic acids is 1. The van der Waals surface area contributed by atoms with Gasteiger partial charge in [-0.05, 0) is 141 Å². The third-order valence-electron chi connectivity index (χ3n) is 21.8. The molecule has 2 saturated carbocycles. The molecule has 10 N–H and O–H groups in total. The van der Waals surface area contributed by atoms with Crippen molar-refractivity contribution >= 4 is 35.3 Å². The Morgan fingerprint density at radius 1 is 0.823 bits per heavy atom. The van der Waals surface area contributed by atoms with Gasteiger partial charge in [-0.15, -0.1) is 0 Å². The van der Waals surface area contributed by atoms with Crippen LogP contribution in [-0.2, 0) is 40.1 Å². The number of anilines is 1. The number of nitrogens with zero attached hydrogens (tertiary/aromatic N) is 4. The number of rotatable bonds is 27. The van der Waals surface area contributed by atoms with Crippen molar-refractivity contribution in [3.8, 4) is 16.9 Å². The Morgan fingerprint density at radius 3 is 1.99 bits per heavy atom. The minimum atomic E-state index is -0.964. The number of aliphatic hydroxyl groups is 4. The number of primary amides is 1. The largest absolute Gasteiger partial charge is 0.500 e. The van der Waals surface area contributed by atoms with Gasteiger partial charge in [-0.25, -0.2) is 4.79 Å². The molecule has 4 amide bonds. The van der Waals surface area contributed by atoms with Gasteiger partial charge in [0.2, 0.25) is 17.7 Å². The monoisotopic (exact) mass is 1340 g/mol. The third kappa shape index (κ3) is 17.9. The second-order valence-corrected chi connectivity index (χ2v) is 29.9. The van der Waals surface area contributed by atoms with Gasteiger partial charge >= 0.3 is 5.97 Å². The zero-order valence-electron chi connectivity index (χ0n) is 60.0. The summed E-state index contributed by atoms with van der Waals surface area (Å²) in [5.41, 5.74) is 11.0. The second-order valence-electron chi connectivity index (χ2n) is 29.9. The lowest BCUT2D eigenvalue weighted by Crippen LogP contribution is -2.54. The van der Waals surface area contributed by atoms with E-state index in [1.54, 1.807) is 56.4 Å². The summed E-state index contributed by atoms with van der Waals surface area (Å²) in [6.07, 6.45) is 10.2. The molecule has 0 radical (unpaired) electrons. The van der Waals surface area contributed by atoms with Gasteiger partial charge in [0.25, 0.3) is 5.91 Å². The average Bonchev–Trinajstić information content (AvgIpc) is 0.911. The fourth-order valence-electron chi connectivity index (χ4n) is 15.6. The van der Waals surface area contributed by atoms with Gasteiger partial charge in [-0.2, -0.15) is 10.1 Å². The number of carboxylic acid groups (broad SMARTS) is 1. The van der Waals surface area contributed by atoms with Crippen LogP contribution < -0.4 is 31.3 Å². The van der Waals surface area contributed by atoms with Crippen LogP contribution in [0.1, 0.15) is 137 Å². The van der Waals surface area contributed by atoms with Crippen LogP contribution in [0.5, 0.6) is 5.75 Å². The Bertz CT molecular complexity index is 3160. The van der Waals surface area contributed by atoms with Crippen LogP contribution in [0.25, 0.3) is 11.1 Å². The quantitative estimate of drug-likeness (QED) is 0.0419. The first-order chi connectivity index (χ1) is 45.3. The van der Waals surface area contributed by atoms with Crippen molar-refractivity contribution in [1.82, 2.24) is 31.0 Å². The molecule has 17 atom stereocenters.